The molecule has 57 heavy (non-hydrogen) atoms. The molecule has 0 unspecified atom stereocenters. The van der Waals surface area contributed by atoms with Crippen molar-refractivity contribution in [3.05, 3.63) is 186 Å². The van der Waals surface area contributed by atoms with Crippen LogP contribution in [0.5, 0.6) is 0 Å². The number of rotatable bonds is 3. The lowest BCUT2D eigenvalue weighted by atomic mass is 9.91. The van der Waals surface area contributed by atoms with Crippen LogP contribution in [0.4, 0.5) is 0 Å². The summed E-state index contributed by atoms with van der Waals surface area (Å²) in [5.41, 5.74) is 15.2. The van der Waals surface area contributed by atoms with Gasteiger partial charge in [-0.2, -0.15) is 9.97 Å². The van der Waals surface area contributed by atoms with Crippen molar-refractivity contribution in [2.24, 2.45) is 0 Å². The van der Waals surface area contributed by atoms with Crippen LogP contribution in [-0.4, -0.2) is 24.1 Å². The van der Waals surface area contributed by atoms with E-state index in [2.05, 4.69) is 187 Å². The molecule has 0 N–H and O–H groups in total. The third kappa shape index (κ3) is 4.60. The number of hydrogen-bond donors (Lipinski definition) is 0. The van der Waals surface area contributed by atoms with Crippen LogP contribution < -0.4 is 0 Å². The fraction of sp³-hybridized carbons (Fsp3) is 0.0577. The summed E-state index contributed by atoms with van der Waals surface area (Å²) >= 11 is 0. The number of benzene rings is 8. The van der Waals surface area contributed by atoms with E-state index in [1.165, 1.54) is 60.7 Å². The van der Waals surface area contributed by atoms with E-state index in [-0.39, 0.29) is 0 Å². The van der Waals surface area contributed by atoms with E-state index in [1.54, 1.807) is 0 Å². The van der Waals surface area contributed by atoms with Crippen molar-refractivity contribution in [2.75, 3.05) is 0 Å². The zero-order valence-electron chi connectivity index (χ0n) is 31.5. The number of fused-ring (bicyclic) bond motifs is 13. The predicted molar refractivity (Wildman–Crippen MR) is 235 cm³/mol. The third-order valence-corrected chi connectivity index (χ3v) is 12.1. The Morgan fingerprint density at radius 1 is 0.439 bits per heavy atom. The van der Waals surface area contributed by atoms with Gasteiger partial charge in [-0.15, -0.1) is 0 Å². The van der Waals surface area contributed by atoms with Crippen LogP contribution in [-0.2, 0) is 6.42 Å². The van der Waals surface area contributed by atoms with E-state index in [4.69, 9.17) is 15.0 Å². The molecule has 2 bridgehead atoms. The lowest BCUT2D eigenvalue weighted by Gasteiger charge is -2.16. The maximum Gasteiger partial charge on any atom is 0.238 e. The van der Waals surface area contributed by atoms with Crippen LogP contribution in [0.15, 0.2) is 164 Å². The summed E-state index contributed by atoms with van der Waals surface area (Å²) in [7, 11) is 0. The van der Waals surface area contributed by atoms with E-state index >= 15 is 0 Å². The van der Waals surface area contributed by atoms with Gasteiger partial charge in [0.05, 0.1) is 22.1 Å². The Balaban J connectivity index is 1.28. The third-order valence-electron chi connectivity index (χ3n) is 12.1. The zero-order chi connectivity index (χ0) is 37.8. The van der Waals surface area contributed by atoms with Gasteiger partial charge in [-0.3, -0.25) is 4.57 Å². The second-order valence-corrected chi connectivity index (χ2v) is 15.3. The van der Waals surface area contributed by atoms with E-state index in [0.29, 0.717) is 17.6 Å². The van der Waals surface area contributed by atoms with E-state index in [1.807, 2.05) is 0 Å². The molecule has 0 fully saturated rings. The minimum Gasteiger partial charge on any atom is -0.309 e. The standard InChI is InChI=1S/C52H35N5/c1-31-15-3-6-19-35(31)50-53-51(41-25-13-18-33-16-4-7-20-37(33)41)55-52(54-50)57-47-27-12-10-23-40(47)43-30-42-39-22-9-11-26-46(39)56-45-28-14-24-36(32(45)2)38-21-8-5-17-34(38)29-44(48(42)56)49(43)57/h3-28,30H,29H2,1-2H3. The predicted octanol–water partition coefficient (Wildman–Crippen LogP) is 12.7. The maximum absolute atomic E-state index is 5.46. The molecule has 268 valence electrons. The molecule has 11 aromatic rings. The summed E-state index contributed by atoms with van der Waals surface area (Å²) in [6.07, 6.45) is 0.723. The lowest BCUT2D eigenvalue weighted by molar-refractivity contribution is 0.949. The minimum atomic E-state index is 0.598. The first-order valence-corrected chi connectivity index (χ1v) is 19.6. The topological polar surface area (TPSA) is 48.5 Å². The molecule has 4 heterocycles. The number of aromatic nitrogens is 5. The molecule has 0 saturated carbocycles. The van der Waals surface area contributed by atoms with Gasteiger partial charge in [0.25, 0.3) is 0 Å². The molecule has 0 saturated heterocycles. The van der Waals surface area contributed by atoms with Gasteiger partial charge in [0.2, 0.25) is 5.95 Å². The van der Waals surface area contributed by atoms with Gasteiger partial charge in [-0.25, -0.2) is 4.98 Å². The Morgan fingerprint density at radius 2 is 1.00 bits per heavy atom. The van der Waals surface area contributed by atoms with Crippen molar-refractivity contribution in [1.29, 1.82) is 0 Å². The summed E-state index contributed by atoms with van der Waals surface area (Å²) in [4.78, 5) is 16.1. The molecular weight excluding hydrogens is 695 g/mol. The fourth-order valence-corrected chi connectivity index (χ4v) is 9.53. The summed E-state index contributed by atoms with van der Waals surface area (Å²) < 4.78 is 4.84. The highest BCUT2D eigenvalue weighted by Crippen LogP contribution is 2.46. The first kappa shape index (κ1) is 31.9. The number of para-hydroxylation sites is 2. The maximum atomic E-state index is 5.46. The Morgan fingerprint density at radius 3 is 1.79 bits per heavy atom. The Labute approximate surface area is 329 Å². The SMILES string of the molecule is Cc1ccccc1-c1nc(-c2cccc3ccccc23)nc(-n2c3ccccc3c3cc4c5ccccc5n5c4c(c32)Cc2ccccc2-c2cccc-5c2C)n1. The van der Waals surface area contributed by atoms with Gasteiger partial charge < -0.3 is 4.57 Å². The average Bonchev–Trinajstić information content (AvgIpc) is 3.77. The van der Waals surface area contributed by atoms with Crippen molar-refractivity contribution in [2.45, 2.75) is 20.3 Å². The fourth-order valence-electron chi connectivity index (χ4n) is 9.53. The number of nitrogens with zero attached hydrogens (tertiary/aromatic N) is 5. The largest absolute Gasteiger partial charge is 0.309 e. The van der Waals surface area contributed by atoms with E-state index in [9.17, 15) is 0 Å². The quantitative estimate of drug-likeness (QED) is 0.182. The first-order valence-electron chi connectivity index (χ1n) is 19.6. The second kappa shape index (κ2) is 12.1. The molecule has 0 radical (unpaired) electrons. The van der Waals surface area contributed by atoms with Crippen molar-refractivity contribution in [1.82, 2.24) is 24.1 Å². The summed E-state index contributed by atoms with van der Waals surface area (Å²) in [6, 6.07) is 58.9. The molecule has 5 heteroatoms. The Bertz CT molecular complexity index is 3470. The van der Waals surface area contributed by atoms with Gasteiger partial charge in [0.15, 0.2) is 11.6 Å². The molecule has 3 aromatic heterocycles. The monoisotopic (exact) mass is 729 g/mol. The van der Waals surface area contributed by atoms with Gasteiger partial charge in [0, 0.05) is 50.3 Å². The van der Waals surface area contributed by atoms with Gasteiger partial charge >= 0.3 is 0 Å². The van der Waals surface area contributed by atoms with Crippen molar-refractivity contribution >= 4 is 54.4 Å². The summed E-state index contributed by atoms with van der Waals surface area (Å²) in [5.74, 6) is 1.90. The molecule has 0 atom stereocenters. The minimum absolute atomic E-state index is 0.598. The second-order valence-electron chi connectivity index (χ2n) is 15.3. The highest BCUT2D eigenvalue weighted by molar-refractivity contribution is 6.21. The molecule has 0 spiro atoms. The molecule has 0 amide bonds. The van der Waals surface area contributed by atoms with Crippen LogP contribution in [0.3, 0.4) is 0 Å². The highest BCUT2D eigenvalue weighted by atomic mass is 15.2. The molecule has 1 aliphatic heterocycles. The van der Waals surface area contributed by atoms with Crippen LogP contribution in [0, 0.1) is 13.8 Å². The molecular formula is C52H35N5. The van der Waals surface area contributed by atoms with Gasteiger partial charge in [0.1, 0.15) is 0 Å². The summed E-state index contributed by atoms with van der Waals surface area (Å²) in [6.45, 7) is 4.40. The molecule has 8 aromatic carbocycles. The van der Waals surface area contributed by atoms with Crippen molar-refractivity contribution < 1.29 is 0 Å². The van der Waals surface area contributed by atoms with Crippen LogP contribution >= 0.6 is 0 Å². The van der Waals surface area contributed by atoms with Gasteiger partial charge in [-0.1, -0.05) is 140 Å². The Hall–Kier alpha value is -7.37. The molecule has 0 aliphatic carbocycles. The summed E-state index contributed by atoms with van der Waals surface area (Å²) in [5, 5.41) is 7.08. The van der Waals surface area contributed by atoms with E-state index in [0.717, 1.165) is 50.3 Å². The smallest absolute Gasteiger partial charge is 0.238 e. The normalized spacial score (nSPS) is 12.3. The lowest BCUT2D eigenvalue weighted by Crippen LogP contribution is -2.08. The van der Waals surface area contributed by atoms with Crippen LogP contribution in [0.25, 0.3) is 99.9 Å². The average molecular weight is 730 g/mol. The first-order chi connectivity index (χ1) is 28.1. The van der Waals surface area contributed by atoms with Crippen molar-refractivity contribution in [3.63, 3.8) is 0 Å². The molecule has 1 aliphatic rings. The molecule has 12 rings (SSSR count). The number of aryl methyl sites for hydroxylation is 1. The van der Waals surface area contributed by atoms with Crippen LogP contribution in [0.1, 0.15) is 22.3 Å². The molecule has 5 nitrogen and oxygen atoms in total. The van der Waals surface area contributed by atoms with Crippen molar-refractivity contribution in [3.8, 4) is 45.5 Å². The number of hydrogen-bond acceptors (Lipinski definition) is 3. The zero-order valence-corrected chi connectivity index (χ0v) is 31.5. The highest BCUT2D eigenvalue weighted by Gasteiger charge is 2.28. The van der Waals surface area contributed by atoms with Crippen LogP contribution in [0.2, 0.25) is 0 Å². The van der Waals surface area contributed by atoms with Gasteiger partial charge in [-0.05, 0) is 76.7 Å². The Kier molecular flexibility index (Phi) is 6.76. The van der Waals surface area contributed by atoms with E-state index < -0.39 is 0 Å².